The number of hydrogen-bond donors (Lipinski definition) is 1. The first kappa shape index (κ1) is 12.1. The minimum absolute atomic E-state index is 0.165. The van der Waals surface area contributed by atoms with Crippen LogP contribution in [0.25, 0.3) is 10.6 Å². The third kappa shape index (κ3) is 1.87. The van der Waals surface area contributed by atoms with Crippen LogP contribution in [0.2, 0.25) is 0 Å². The van der Waals surface area contributed by atoms with E-state index in [0.29, 0.717) is 30.5 Å². The molecule has 104 valence electrons. The van der Waals surface area contributed by atoms with E-state index < -0.39 is 5.60 Å². The smallest absolute Gasteiger partial charge is 0.276 e. The zero-order valence-electron chi connectivity index (χ0n) is 10.8. The van der Waals surface area contributed by atoms with Crippen molar-refractivity contribution >= 4 is 17.2 Å². The van der Waals surface area contributed by atoms with Crippen molar-refractivity contribution in [3.8, 4) is 10.6 Å². The van der Waals surface area contributed by atoms with E-state index in [2.05, 4.69) is 5.16 Å². The highest BCUT2D eigenvalue weighted by atomic mass is 32.1. The fourth-order valence-corrected chi connectivity index (χ4v) is 3.38. The van der Waals surface area contributed by atoms with E-state index in [1.54, 1.807) is 22.3 Å². The Morgan fingerprint density at radius 2 is 2.30 bits per heavy atom. The number of likely N-dealkylation sites (tertiary alicyclic amines) is 1. The van der Waals surface area contributed by atoms with Gasteiger partial charge in [-0.2, -0.15) is 0 Å². The van der Waals surface area contributed by atoms with Gasteiger partial charge in [0, 0.05) is 6.07 Å². The number of aromatic nitrogens is 1. The number of hydrogen-bond acceptors (Lipinski definition) is 5. The van der Waals surface area contributed by atoms with Crippen LogP contribution < -0.4 is 0 Å². The number of β-amino-alcohol motifs (C(OH)–C–C–N with tert-alkyl or cyclic N) is 1. The van der Waals surface area contributed by atoms with Gasteiger partial charge in [0.2, 0.25) is 0 Å². The minimum atomic E-state index is -0.657. The van der Waals surface area contributed by atoms with E-state index in [9.17, 15) is 9.90 Å². The summed E-state index contributed by atoms with van der Waals surface area (Å²) < 4.78 is 5.21. The number of aliphatic hydroxyl groups is 1. The third-order valence-corrected chi connectivity index (χ3v) is 4.93. The Bertz CT molecular complexity index is 639. The molecule has 0 radical (unpaired) electrons. The van der Waals surface area contributed by atoms with Gasteiger partial charge in [0.05, 0.1) is 18.0 Å². The molecule has 2 aromatic rings. The molecular formula is C14H14N2O3S. The van der Waals surface area contributed by atoms with Crippen LogP contribution in [0.4, 0.5) is 0 Å². The summed E-state index contributed by atoms with van der Waals surface area (Å²) in [6.45, 7) is 0.829. The normalized spacial score (nSPS) is 20.8. The standard InChI is InChI=1S/C14H14N2O3S/c17-13(16-7-14(18,8-16)9-3-4-9)10-6-11(19-15-10)12-2-1-5-20-12/h1-2,5-6,9,18H,3-4,7-8H2. The van der Waals surface area contributed by atoms with Crippen molar-refractivity contribution in [3.05, 3.63) is 29.3 Å². The minimum Gasteiger partial charge on any atom is -0.386 e. The van der Waals surface area contributed by atoms with Crippen LogP contribution in [0, 0.1) is 5.92 Å². The van der Waals surface area contributed by atoms with Gasteiger partial charge in [-0.1, -0.05) is 11.2 Å². The molecule has 6 heteroatoms. The van der Waals surface area contributed by atoms with Crippen molar-refractivity contribution in [2.75, 3.05) is 13.1 Å². The zero-order chi connectivity index (χ0) is 13.7. The molecular weight excluding hydrogens is 276 g/mol. The average Bonchev–Trinajstić information content (AvgIpc) is 2.93. The number of thiophene rings is 1. The predicted octanol–water partition coefficient (Wildman–Crippen LogP) is 2.00. The summed E-state index contributed by atoms with van der Waals surface area (Å²) in [5, 5.41) is 16.0. The molecule has 1 N–H and O–H groups in total. The summed E-state index contributed by atoms with van der Waals surface area (Å²) in [5.41, 5.74) is -0.345. The van der Waals surface area contributed by atoms with Crippen LogP contribution in [0.1, 0.15) is 23.3 Å². The molecule has 20 heavy (non-hydrogen) atoms. The summed E-state index contributed by atoms with van der Waals surface area (Å²) >= 11 is 1.54. The quantitative estimate of drug-likeness (QED) is 0.939. The fraction of sp³-hybridized carbons (Fsp3) is 0.429. The maximum absolute atomic E-state index is 12.2. The number of rotatable bonds is 3. The molecule has 0 atom stereocenters. The molecule has 1 aliphatic carbocycles. The molecule has 1 saturated carbocycles. The molecule has 1 saturated heterocycles. The second-order valence-electron chi connectivity index (χ2n) is 5.59. The fourth-order valence-electron chi connectivity index (χ4n) is 2.71. The Balaban J connectivity index is 1.47. The molecule has 5 nitrogen and oxygen atoms in total. The third-order valence-electron chi connectivity index (χ3n) is 4.05. The van der Waals surface area contributed by atoms with E-state index in [1.165, 1.54) is 0 Å². The maximum Gasteiger partial charge on any atom is 0.276 e. The Labute approximate surface area is 119 Å². The van der Waals surface area contributed by atoms with Crippen LogP contribution in [-0.4, -0.2) is 39.8 Å². The SMILES string of the molecule is O=C(c1cc(-c2cccs2)on1)N1CC(O)(C2CC2)C1. The topological polar surface area (TPSA) is 66.6 Å². The lowest BCUT2D eigenvalue weighted by molar-refractivity contribution is -0.0960. The van der Waals surface area contributed by atoms with E-state index >= 15 is 0 Å². The first-order valence-corrected chi connectivity index (χ1v) is 7.56. The molecule has 0 spiro atoms. The molecule has 3 heterocycles. The van der Waals surface area contributed by atoms with Crippen LogP contribution in [-0.2, 0) is 0 Å². The van der Waals surface area contributed by atoms with Crippen LogP contribution in [0.5, 0.6) is 0 Å². The van der Waals surface area contributed by atoms with E-state index in [1.807, 2.05) is 17.5 Å². The van der Waals surface area contributed by atoms with Crippen molar-refractivity contribution in [1.82, 2.24) is 10.1 Å². The Morgan fingerprint density at radius 3 is 2.95 bits per heavy atom. The van der Waals surface area contributed by atoms with E-state index in [4.69, 9.17) is 4.52 Å². The van der Waals surface area contributed by atoms with Crippen LogP contribution in [0.15, 0.2) is 28.1 Å². The van der Waals surface area contributed by atoms with Gasteiger partial charge in [0.25, 0.3) is 5.91 Å². The number of carbonyl (C=O) groups is 1. The van der Waals surface area contributed by atoms with Crippen LogP contribution in [0.3, 0.4) is 0 Å². The molecule has 4 rings (SSSR count). The van der Waals surface area contributed by atoms with Crippen molar-refractivity contribution in [3.63, 3.8) is 0 Å². The molecule has 1 amide bonds. The molecule has 0 aromatic carbocycles. The Kier molecular flexibility index (Phi) is 2.52. The lowest BCUT2D eigenvalue weighted by atomic mass is 9.88. The van der Waals surface area contributed by atoms with Crippen molar-refractivity contribution in [2.24, 2.45) is 5.92 Å². The van der Waals surface area contributed by atoms with Gasteiger partial charge in [0.15, 0.2) is 11.5 Å². The number of carbonyl (C=O) groups excluding carboxylic acids is 1. The van der Waals surface area contributed by atoms with Gasteiger partial charge < -0.3 is 14.5 Å². The van der Waals surface area contributed by atoms with E-state index in [0.717, 1.165) is 17.7 Å². The highest BCUT2D eigenvalue weighted by Crippen LogP contribution is 2.44. The monoisotopic (exact) mass is 290 g/mol. The highest BCUT2D eigenvalue weighted by molar-refractivity contribution is 7.13. The van der Waals surface area contributed by atoms with Gasteiger partial charge in [-0.3, -0.25) is 4.79 Å². The van der Waals surface area contributed by atoms with Crippen molar-refractivity contribution in [1.29, 1.82) is 0 Å². The lowest BCUT2D eigenvalue weighted by Gasteiger charge is -2.46. The molecule has 0 unspecified atom stereocenters. The maximum atomic E-state index is 12.2. The Morgan fingerprint density at radius 1 is 1.50 bits per heavy atom. The van der Waals surface area contributed by atoms with Crippen molar-refractivity contribution in [2.45, 2.75) is 18.4 Å². The summed E-state index contributed by atoms with van der Waals surface area (Å²) in [4.78, 5) is 14.8. The summed E-state index contributed by atoms with van der Waals surface area (Å²) in [6.07, 6.45) is 2.15. The van der Waals surface area contributed by atoms with Crippen molar-refractivity contribution < 1.29 is 14.4 Å². The molecule has 2 fully saturated rings. The van der Waals surface area contributed by atoms with Gasteiger partial charge in [-0.25, -0.2) is 0 Å². The first-order valence-electron chi connectivity index (χ1n) is 6.68. The summed E-state index contributed by atoms with van der Waals surface area (Å²) in [6, 6.07) is 5.52. The molecule has 0 bridgehead atoms. The molecule has 2 aromatic heterocycles. The average molecular weight is 290 g/mol. The largest absolute Gasteiger partial charge is 0.386 e. The van der Waals surface area contributed by atoms with Gasteiger partial charge >= 0.3 is 0 Å². The van der Waals surface area contributed by atoms with Gasteiger partial charge in [0.1, 0.15) is 5.60 Å². The molecule has 1 aliphatic heterocycles. The van der Waals surface area contributed by atoms with Gasteiger partial charge in [-0.05, 0) is 30.2 Å². The van der Waals surface area contributed by atoms with Gasteiger partial charge in [-0.15, -0.1) is 11.3 Å². The van der Waals surface area contributed by atoms with Crippen LogP contribution >= 0.6 is 11.3 Å². The number of nitrogens with zero attached hydrogens (tertiary/aromatic N) is 2. The number of amides is 1. The predicted molar refractivity (Wildman–Crippen MR) is 73.4 cm³/mol. The zero-order valence-corrected chi connectivity index (χ0v) is 11.6. The molecule has 2 aliphatic rings. The van der Waals surface area contributed by atoms with E-state index in [-0.39, 0.29) is 5.91 Å². The first-order chi connectivity index (χ1) is 9.66. The second kappa shape index (κ2) is 4.17. The summed E-state index contributed by atoms with van der Waals surface area (Å²) in [5.74, 6) is 0.828. The summed E-state index contributed by atoms with van der Waals surface area (Å²) in [7, 11) is 0. The highest BCUT2D eigenvalue weighted by Gasteiger charge is 2.53. The second-order valence-corrected chi connectivity index (χ2v) is 6.54. The Hall–Kier alpha value is -1.66. The lowest BCUT2D eigenvalue weighted by Crippen LogP contribution is -2.64.